The highest BCUT2D eigenvalue weighted by molar-refractivity contribution is 5.72. The number of carbonyl (C=O) groups excluding carboxylic acids is 2. The van der Waals surface area contributed by atoms with E-state index in [1.165, 1.54) is 25.7 Å². The minimum absolute atomic E-state index is 0.384. The molecule has 184 valence electrons. The lowest BCUT2D eigenvalue weighted by Crippen LogP contribution is -2.28. The molecule has 2 rings (SSSR count). The Labute approximate surface area is 204 Å². The molecule has 34 heavy (non-hydrogen) atoms. The number of benzene rings is 2. The molecule has 0 aromatic heterocycles. The molecule has 1 unspecified atom stereocenters. The first-order valence-corrected chi connectivity index (χ1v) is 12.1. The number of ether oxygens (including phenoxy) is 1. The van der Waals surface area contributed by atoms with Crippen LogP contribution in [0.1, 0.15) is 57.1 Å². The van der Waals surface area contributed by atoms with E-state index in [9.17, 15) is 9.59 Å². The molecule has 0 bridgehead atoms. The molecule has 6 heteroatoms. The van der Waals surface area contributed by atoms with Crippen LogP contribution < -0.4 is 10.6 Å². The zero-order valence-electron chi connectivity index (χ0n) is 20.8. The predicted molar refractivity (Wildman–Crippen MR) is 139 cm³/mol. The number of anilines is 1. The summed E-state index contributed by atoms with van der Waals surface area (Å²) in [5, 5.41) is 14.6. The Morgan fingerprint density at radius 1 is 0.971 bits per heavy atom. The van der Waals surface area contributed by atoms with Crippen LogP contribution in [0.5, 0.6) is 0 Å². The molecule has 6 nitrogen and oxygen atoms in total. The molecular formula is C28H39N3O3. The van der Waals surface area contributed by atoms with E-state index in [1.807, 2.05) is 49.5 Å². The van der Waals surface area contributed by atoms with Gasteiger partial charge in [-0.3, -0.25) is 4.79 Å². The molecule has 0 spiro atoms. The van der Waals surface area contributed by atoms with Gasteiger partial charge in [0.1, 0.15) is 12.3 Å². The third kappa shape index (κ3) is 11.1. The SMILES string of the molecule is CCCCCCOCCC.CNc1cc(-c2ccc(CC(C#N)NC=O)cc2)ccc1CC=O. The summed E-state index contributed by atoms with van der Waals surface area (Å²) < 4.78 is 5.33. The van der Waals surface area contributed by atoms with Crippen LogP contribution in [0.4, 0.5) is 5.69 Å². The van der Waals surface area contributed by atoms with Crippen molar-refractivity contribution in [3.8, 4) is 17.2 Å². The highest BCUT2D eigenvalue weighted by Gasteiger charge is 2.08. The number of unbranched alkanes of at least 4 members (excludes halogenated alkanes) is 3. The van der Waals surface area contributed by atoms with E-state index in [-0.39, 0.29) is 0 Å². The van der Waals surface area contributed by atoms with Gasteiger partial charge in [-0.25, -0.2) is 0 Å². The van der Waals surface area contributed by atoms with Gasteiger partial charge in [-0.1, -0.05) is 69.5 Å². The lowest BCUT2D eigenvalue weighted by atomic mass is 9.98. The Bertz CT molecular complexity index is 867. The number of carbonyl (C=O) groups is 2. The van der Waals surface area contributed by atoms with Crippen molar-refractivity contribution in [3.63, 3.8) is 0 Å². The van der Waals surface area contributed by atoms with Crippen molar-refractivity contribution in [2.75, 3.05) is 25.6 Å². The van der Waals surface area contributed by atoms with Gasteiger partial charge in [0, 0.05) is 38.8 Å². The normalized spacial score (nSPS) is 10.9. The number of rotatable bonds is 15. The largest absolute Gasteiger partial charge is 0.388 e. The molecule has 1 amide bonds. The summed E-state index contributed by atoms with van der Waals surface area (Å²) in [6.45, 7) is 6.28. The van der Waals surface area contributed by atoms with Gasteiger partial charge in [-0.15, -0.1) is 0 Å². The summed E-state index contributed by atoms with van der Waals surface area (Å²) >= 11 is 0. The van der Waals surface area contributed by atoms with Crippen LogP contribution in [0, 0.1) is 11.3 Å². The van der Waals surface area contributed by atoms with Crippen LogP contribution in [0.3, 0.4) is 0 Å². The summed E-state index contributed by atoms with van der Waals surface area (Å²) in [5.41, 5.74) is 4.97. The summed E-state index contributed by atoms with van der Waals surface area (Å²) in [6.07, 6.45) is 8.68. The van der Waals surface area contributed by atoms with Gasteiger partial charge < -0.3 is 20.2 Å². The van der Waals surface area contributed by atoms with Crippen molar-refractivity contribution >= 4 is 18.4 Å². The van der Waals surface area contributed by atoms with Gasteiger partial charge in [0.2, 0.25) is 6.41 Å². The van der Waals surface area contributed by atoms with E-state index in [1.54, 1.807) is 0 Å². The maximum absolute atomic E-state index is 10.7. The zero-order chi connectivity index (χ0) is 25.0. The predicted octanol–water partition coefficient (Wildman–Crippen LogP) is 5.31. The van der Waals surface area contributed by atoms with E-state index in [4.69, 9.17) is 10.00 Å². The molecule has 0 aliphatic heterocycles. The fourth-order valence-corrected chi connectivity index (χ4v) is 3.43. The first-order valence-electron chi connectivity index (χ1n) is 12.1. The van der Waals surface area contributed by atoms with Gasteiger partial charge in [0.05, 0.1) is 6.07 Å². The minimum atomic E-state index is -0.521. The lowest BCUT2D eigenvalue weighted by molar-refractivity contribution is -0.110. The summed E-state index contributed by atoms with van der Waals surface area (Å²) in [5.74, 6) is 0. The fraction of sp³-hybridized carbons (Fsp3) is 0.464. The smallest absolute Gasteiger partial charge is 0.208 e. The maximum atomic E-state index is 10.7. The molecule has 0 fully saturated rings. The topological polar surface area (TPSA) is 91.2 Å². The Morgan fingerprint density at radius 3 is 2.29 bits per heavy atom. The number of hydrogen-bond donors (Lipinski definition) is 2. The molecular weight excluding hydrogens is 426 g/mol. The van der Waals surface area contributed by atoms with E-state index in [2.05, 4.69) is 30.6 Å². The molecule has 0 saturated carbocycles. The highest BCUT2D eigenvalue weighted by Crippen LogP contribution is 2.26. The van der Waals surface area contributed by atoms with Crippen molar-refractivity contribution in [3.05, 3.63) is 53.6 Å². The number of nitrogens with zero attached hydrogens (tertiary/aromatic N) is 1. The molecule has 0 heterocycles. The lowest BCUT2D eigenvalue weighted by Gasteiger charge is -2.11. The summed E-state index contributed by atoms with van der Waals surface area (Å²) in [6, 6.07) is 15.3. The first-order chi connectivity index (χ1) is 16.6. The summed E-state index contributed by atoms with van der Waals surface area (Å²) in [4.78, 5) is 21.2. The molecule has 0 aliphatic carbocycles. The van der Waals surface area contributed by atoms with Crippen LogP contribution in [0.2, 0.25) is 0 Å². The molecule has 0 radical (unpaired) electrons. The quantitative estimate of drug-likeness (QED) is 0.275. The third-order valence-corrected chi connectivity index (χ3v) is 5.33. The number of aldehydes is 1. The van der Waals surface area contributed by atoms with E-state index in [0.717, 1.165) is 53.9 Å². The van der Waals surface area contributed by atoms with Crippen LogP contribution in [0.25, 0.3) is 11.1 Å². The monoisotopic (exact) mass is 465 g/mol. The second-order valence-electron chi connectivity index (χ2n) is 8.03. The van der Waals surface area contributed by atoms with Gasteiger partial charge >= 0.3 is 0 Å². The van der Waals surface area contributed by atoms with Crippen molar-refractivity contribution in [1.82, 2.24) is 5.32 Å². The first kappa shape index (κ1) is 28.9. The van der Waals surface area contributed by atoms with Gasteiger partial charge in [0.25, 0.3) is 0 Å². The van der Waals surface area contributed by atoms with Crippen molar-refractivity contribution in [1.29, 1.82) is 5.26 Å². The molecule has 0 aliphatic rings. The average Bonchev–Trinajstić information content (AvgIpc) is 2.87. The molecule has 2 N–H and O–H groups in total. The van der Waals surface area contributed by atoms with Crippen LogP contribution >= 0.6 is 0 Å². The van der Waals surface area contributed by atoms with E-state index >= 15 is 0 Å². The Morgan fingerprint density at radius 2 is 1.71 bits per heavy atom. The minimum Gasteiger partial charge on any atom is -0.388 e. The van der Waals surface area contributed by atoms with Gasteiger partial charge in [0.15, 0.2) is 0 Å². The second kappa shape index (κ2) is 18.3. The van der Waals surface area contributed by atoms with Gasteiger partial charge in [-0.2, -0.15) is 5.26 Å². The maximum Gasteiger partial charge on any atom is 0.208 e. The van der Waals surface area contributed by atoms with Crippen molar-refractivity contribution in [2.45, 2.75) is 64.8 Å². The van der Waals surface area contributed by atoms with Crippen LogP contribution in [-0.4, -0.2) is 39.0 Å². The van der Waals surface area contributed by atoms with E-state index < -0.39 is 6.04 Å². The van der Waals surface area contributed by atoms with E-state index in [0.29, 0.717) is 19.3 Å². The Hall–Kier alpha value is -3.17. The number of nitriles is 1. The fourth-order valence-electron chi connectivity index (χ4n) is 3.43. The standard InChI is InChI=1S/C19H19N3O2.C9H20O/c1-21-19-11-17(7-6-16(19)8-9-23)15-4-2-14(3-5-15)10-18(12-20)22-13-24;1-3-5-6-7-9-10-8-4-2/h2-7,9,11,13,18,21H,8,10H2,1H3,(H,22,24);3-9H2,1-2H3. The number of nitrogens with one attached hydrogen (secondary N) is 2. The van der Waals surface area contributed by atoms with Crippen molar-refractivity contribution in [2.24, 2.45) is 0 Å². The highest BCUT2D eigenvalue weighted by atomic mass is 16.5. The molecule has 2 aromatic rings. The molecule has 2 aromatic carbocycles. The molecule has 0 saturated heterocycles. The summed E-state index contributed by atoms with van der Waals surface area (Å²) in [7, 11) is 1.83. The number of amides is 1. The average molecular weight is 466 g/mol. The van der Waals surface area contributed by atoms with Crippen LogP contribution in [0.15, 0.2) is 42.5 Å². The van der Waals surface area contributed by atoms with Crippen molar-refractivity contribution < 1.29 is 14.3 Å². The van der Waals surface area contributed by atoms with Crippen LogP contribution in [-0.2, 0) is 27.2 Å². The Balaban J connectivity index is 0.000000489. The molecule has 1 atom stereocenters. The van der Waals surface area contributed by atoms with Gasteiger partial charge in [-0.05, 0) is 41.2 Å². The number of hydrogen-bond acceptors (Lipinski definition) is 5. The Kier molecular flexibility index (Phi) is 15.5. The third-order valence-electron chi connectivity index (χ3n) is 5.33. The zero-order valence-corrected chi connectivity index (χ0v) is 20.8. The second-order valence-corrected chi connectivity index (χ2v) is 8.03.